The maximum atomic E-state index is 13.8. The van der Waals surface area contributed by atoms with Crippen LogP contribution in [0.5, 0.6) is 5.75 Å². The van der Waals surface area contributed by atoms with Crippen molar-refractivity contribution in [3.8, 4) is 5.75 Å². The Morgan fingerprint density at radius 2 is 1.63 bits per heavy atom. The molecule has 200 valence electrons. The predicted octanol–water partition coefficient (Wildman–Crippen LogP) is 7.15. The molecule has 38 heavy (non-hydrogen) atoms. The molecule has 1 aromatic heterocycles. The van der Waals surface area contributed by atoms with Crippen LogP contribution >= 0.6 is 0 Å². The number of ether oxygens (including phenoxy) is 1. The van der Waals surface area contributed by atoms with Gasteiger partial charge in [-0.1, -0.05) is 57.0 Å². The average molecular weight is 534 g/mol. The van der Waals surface area contributed by atoms with Gasteiger partial charge in [0.15, 0.2) is 5.78 Å². The molecular formula is C31H35NO5S. The molecular weight excluding hydrogens is 498 g/mol. The standard InChI is InChI=1S/C31H35NO5S/c1-4-6-13-29-30(31(33)24-14-17-26(18-15-24)36-20-7-5-2)27-21-25(16-19-28(27)37-29)32(38(3,34)35)22-23-11-9-8-10-12-23/h8-12,14-19,21H,4-7,13,20,22H2,1-3H3. The van der Waals surface area contributed by atoms with E-state index in [4.69, 9.17) is 9.15 Å². The van der Waals surface area contributed by atoms with Gasteiger partial charge in [-0.2, -0.15) is 0 Å². The van der Waals surface area contributed by atoms with Crippen LogP contribution in [0.1, 0.15) is 66.8 Å². The highest BCUT2D eigenvalue weighted by Gasteiger charge is 2.25. The summed E-state index contributed by atoms with van der Waals surface area (Å²) < 4.78 is 38.9. The van der Waals surface area contributed by atoms with Gasteiger partial charge in [-0.3, -0.25) is 9.10 Å². The molecule has 0 aliphatic heterocycles. The van der Waals surface area contributed by atoms with E-state index in [2.05, 4.69) is 13.8 Å². The van der Waals surface area contributed by atoms with Gasteiger partial charge in [-0.25, -0.2) is 8.42 Å². The monoisotopic (exact) mass is 533 g/mol. The maximum absolute atomic E-state index is 13.8. The summed E-state index contributed by atoms with van der Waals surface area (Å²) in [4.78, 5) is 13.8. The van der Waals surface area contributed by atoms with Gasteiger partial charge in [0.05, 0.1) is 30.7 Å². The Hall–Kier alpha value is -3.58. The smallest absolute Gasteiger partial charge is 0.232 e. The second kappa shape index (κ2) is 12.3. The van der Waals surface area contributed by atoms with E-state index in [9.17, 15) is 13.2 Å². The number of unbranched alkanes of at least 4 members (excludes halogenated alkanes) is 2. The van der Waals surface area contributed by atoms with Crippen LogP contribution in [0, 0.1) is 0 Å². The lowest BCUT2D eigenvalue weighted by atomic mass is 9.98. The quantitative estimate of drug-likeness (QED) is 0.135. The molecule has 0 saturated heterocycles. The molecule has 3 aromatic carbocycles. The van der Waals surface area contributed by atoms with Gasteiger partial charge in [0.1, 0.15) is 17.1 Å². The molecule has 0 aliphatic rings. The Balaban J connectivity index is 1.75. The molecule has 0 aliphatic carbocycles. The number of rotatable bonds is 13. The summed E-state index contributed by atoms with van der Waals surface area (Å²) in [5.41, 5.74) is 2.94. The summed E-state index contributed by atoms with van der Waals surface area (Å²) in [7, 11) is -3.59. The Morgan fingerprint density at radius 3 is 2.29 bits per heavy atom. The van der Waals surface area contributed by atoms with E-state index in [0.717, 1.165) is 37.0 Å². The number of anilines is 1. The van der Waals surface area contributed by atoms with Gasteiger partial charge in [0.2, 0.25) is 10.0 Å². The van der Waals surface area contributed by atoms with Crippen molar-refractivity contribution in [3.63, 3.8) is 0 Å². The molecule has 0 radical (unpaired) electrons. The number of benzene rings is 3. The van der Waals surface area contributed by atoms with Crippen LogP contribution in [0.4, 0.5) is 5.69 Å². The van der Waals surface area contributed by atoms with Crippen molar-refractivity contribution in [2.75, 3.05) is 17.2 Å². The van der Waals surface area contributed by atoms with Gasteiger partial charge in [0, 0.05) is 17.4 Å². The molecule has 0 spiro atoms. The van der Waals surface area contributed by atoms with E-state index < -0.39 is 10.0 Å². The first-order chi connectivity index (χ1) is 18.3. The first-order valence-corrected chi connectivity index (χ1v) is 15.0. The fourth-order valence-corrected chi connectivity index (χ4v) is 5.26. The number of fused-ring (bicyclic) bond motifs is 1. The Morgan fingerprint density at radius 1 is 0.921 bits per heavy atom. The van der Waals surface area contributed by atoms with E-state index in [1.165, 1.54) is 10.6 Å². The van der Waals surface area contributed by atoms with Crippen LogP contribution in [0.15, 0.2) is 77.2 Å². The number of furan rings is 1. The van der Waals surface area contributed by atoms with Crippen molar-refractivity contribution in [1.29, 1.82) is 0 Å². The lowest BCUT2D eigenvalue weighted by Crippen LogP contribution is -2.29. The summed E-state index contributed by atoms with van der Waals surface area (Å²) in [5.74, 6) is 1.20. The Kier molecular flexibility index (Phi) is 8.89. The van der Waals surface area contributed by atoms with Crippen molar-refractivity contribution in [1.82, 2.24) is 0 Å². The summed E-state index contributed by atoms with van der Waals surface area (Å²) >= 11 is 0. The molecule has 6 nitrogen and oxygen atoms in total. The van der Waals surface area contributed by atoms with Crippen LogP contribution in [-0.2, 0) is 23.0 Å². The zero-order valence-electron chi connectivity index (χ0n) is 22.3. The second-order valence-electron chi connectivity index (χ2n) is 9.50. The number of carbonyl (C=O) groups excluding carboxylic acids is 1. The normalized spacial score (nSPS) is 11.6. The van der Waals surface area contributed by atoms with Crippen LogP contribution in [0.2, 0.25) is 0 Å². The van der Waals surface area contributed by atoms with Crippen molar-refractivity contribution in [2.45, 2.75) is 52.5 Å². The molecule has 0 N–H and O–H groups in total. The van der Waals surface area contributed by atoms with Gasteiger partial charge < -0.3 is 9.15 Å². The minimum Gasteiger partial charge on any atom is -0.494 e. The van der Waals surface area contributed by atoms with Crippen molar-refractivity contribution < 1.29 is 22.4 Å². The summed E-state index contributed by atoms with van der Waals surface area (Å²) in [6.07, 6.45) is 5.67. The van der Waals surface area contributed by atoms with Gasteiger partial charge >= 0.3 is 0 Å². The minimum absolute atomic E-state index is 0.152. The van der Waals surface area contributed by atoms with E-state index in [-0.39, 0.29) is 12.3 Å². The van der Waals surface area contributed by atoms with Crippen molar-refractivity contribution >= 4 is 32.5 Å². The van der Waals surface area contributed by atoms with Crippen LogP contribution in [-0.4, -0.2) is 27.1 Å². The minimum atomic E-state index is -3.59. The van der Waals surface area contributed by atoms with Crippen LogP contribution in [0.25, 0.3) is 11.0 Å². The topological polar surface area (TPSA) is 76.8 Å². The average Bonchev–Trinajstić information content (AvgIpc) is 3.28. The highest BCUT2D eigenvalue weighted by atomic mass is 32.2. The number of aryl methyl sites for hydroxylation is 1. The number of nitrogens with zero attached hydrogens (tertiary/aromatic N) is 1. The number of ketones is 1. The van der Waals surface area contributed by atoms with E-state index >= 15 is 0 Å². The van der Waals surface area contributed by atoms with Gasteiger partial charge in [0.25, 0.3) is 0 Å². The van der Waals surface area contributed by atoms with Crippen LogP contribution in [0.3, 0.4) is 0 Å². The molecule has 1 heterocycles. The second-order valence-corrected chi connectivity index (χ2v) is 11.4. The molecule has 0 fully saturated rings. The molecule has 0 atom stereocenters. The van der Waals surface area contributed by atoms with Crippen molar-refractivity contribution in [2.24, 2.45) is 0 Å². The lowest BCUT2D eigenvalue weighted by Gasteiger charge is -2.22. The number of carbonyl (C=O) groups is 1. The highest BCUT2D eigenvalue weighted by molar-refractivity contribution is 7.92. The molecule has 0 saturated carbocycles. The largest absolute Gasteiger partial charge is 0.494 e. The number of hydrogen-bond donors (Lipinski definition) is 0. The lowest BCUT2D eigenvalue weighted by molar-refractivity contribution is 0.103. The van der Waals surface area contributed by atoms with Gasteiger partial charge in [-0.05, 0) is 60.9 Å². The SMILES string of the molecule is CCCCOc1ccc(C(=O)c2c(CCCC)oc3ccc(N(Cc4ccccc4)S(C)(=O)=O)cc23)cc1. The fourth-order valence-electron chi connectivity index (χ4n) is 4.38. The maximum Gasteiger partial charge on any atom is 0.232 e. The molecule has 7 heteroatoms. The van der Waals surface area contributed by atoms with Crippen molar-refractivity contribution in [3.05, 3.63) is 95.2 Å². The first kappa shape index (κ1) is 27.5. The Labute approximate surface area is 225 Å². The predicted molar refractivity (Wildman–Crippen MR) is 153 cm³/mol. The molecule has 4 aromatic rings. The van der Waals surface area contributed by atoms with Crippen LogP contribution < -0.4 is 9.04 Å². The van der Waals surface area contributed by atoms with E-state index in [0.29, 0.717) is 46.6 Å². The Bertz CT molecular complexity index is 1470. The zero-order valence-corrected chi connectivity index (χ0v) is 23.1. The third-order valence-corrected chi connectivity index (χ3v) is 7.61. The number of sulfonamides is 1. The highest BCUT2D eigenvalue weighted by Crippen LogP contribution is 2.34. The molecule has 0 amide bonds. The van der Waals surface area contributed by atoms with E-state index in [1.54, 1.807) is 30.3 Å². The molecule has 4 rings (SSSR count). The van der Waals surface area contributed by atoms with Gasteiger partial charge in [-0.15, -0.1) is 0 Å². The molecule has 0 bridgehead atoms. The van der Waals surface area contributed by atoms with E-state index in [1.807, 2.05) is 42.5 Å². The third-order valence-electron chi connectivity index (χ3n) is 6.47. The first-order valence-electron chi connectivity index (χ1n) is 13.2. The molecule has 0 unspecified atom stereocenters. The summed E-state index contributed by atoms with van der Waals surface area (Å²) in [6, 6.07) is 21.9. The zero-order chi connectivity index (χ0) is 27.1. The summed E-state index contributed by atoms with van der Waals surface area (Å²) in [5, 5.41) is 0.614. The third kappa shape index (κ3) is 6.45. The fraction of sp³-hybridized carbons (Fsp3) is 0.323. The number of hydrogen-bond acceptors (Lipinski definition) is 5. The summed E-state index contributed by atoms with van der Waals surface area (Å²) in [6.45, 7) is 5.03.